The third-order valence-electron chi connectivity index (χ3n) is 5.35. The summed E-state index contributed by atoms with van der Waals surface area (Å²) in [6.45, 7) is 9.13. The van der Waals surface area contributed by atoms with E-state index < -0.39 is 0 Å². The van der Waals surface area contributed by atoms with E-state index in [1.807, 2.05) is 0 Å². The fourth-order valence-electron chi connectivity index (χ4n) is 4.34. The van der Waals surface area contributed by atoms with Crippen LogP contribution in [0.2, 0.25) is 0 Å². The molecule has 2 rings (SSSR count). The molecule has 0 aromatic carbocycles. The van der Waals surface area contributed by atoms with Crippen LogP contribution in [0, 0.1) is 11.8 Å². The zero-order chi connectivity index (χ0) is 13.2. The highest BCUT2D eigenvalue weighted by molar-refractivity contribution is 5.11. The smallest absolute Gasteiger partial charge is 0.0365 e. The monoisotopic (exact) mass is 252 g/mol. The topological polar surface area (TPSA) is 29.3 Å². The van der Waals surface area contributed by atoms with Gasteiger partial charge in [0.15, 0.2) is 0 Å². The summed E-state index contributed by atoms with van der Waals surface area (Å²) in [5.74, 6) is 1.93. The summed E-state index contributed by atoms with van der Waals surface area (Å²) >= 11 is 0. The van der Waals surface area contributed by atoms with E-state index in [2.05, 4.69) is 25.7 Å². The normalized spacial score (nSPS) is 35.0. The minimum atomic E-state index is 0.352. The Labute approximate surface area is 113 Å². The van der Waals surface area contributed by atoms with Crippen LogP contribution in [0.1, 0.15) is 65.7 Å². The maximum absolute atomic E-state index is 6.26. The van der Waals surface area contributed by atoms with Gasteiger partial charge in [0, 0.05) is 18.1 Å². The fraction of sp³-hybridized carbons (Fsp3) is 1.00. The molecule has 2 aliphatic rings. The van der Waals surface area contributed by atoms with Crippen molar-refractivity contribution in [1.82, 2.24) is 4.90 Å². The molecule has 0 radical (unpaired) electrons. The van der Waals surface area contributed by atoms with Crippen LogP contribution in [0.15, 0.2) is 0 Å². The van der Waals surface area contributed by atoms with Crippen LogP contribution in [0.4, 0.5) is 0 Å². The van der Waals surface area contributed by atoms with Crippen LogP contribution in [-0.2, 0) is 0 Å². The van der Waals surface area contributed by atoms with E-state index in [0.29, 0.717) is 11.6 Å². The van der Waals surface area contributed by atoms with Gasteiger partial charge in [-0.25, -0.2) is 0 Å². The van der Waals surface area contributed by atoms with Gasteiger partial charge in [-0.3, -0.25) is 4.90 Å². The molecule has 106 valence electrons. The van der Waals surface area contributed by atoms with Crippen molar-refractivity contribution in [3.63, 3.8) is 0 Å². The summed E-state index contributed by atoms with van der Waals surface area (Å²) in [5.41, 5.74) is 6.61. The predicted molar refractivity (Wildman–Crippen MR) is 78.6 cm³/mol. The Hall–Kier alpha value is -0.0800. The van der Waals surface area contributed by atoms with Gasteiger partial charge in [0.05, 0.1) is 0 Å². The molecular formula is C16H32N2. The highest BCUT2D eigenvalue weighted by Gasteiger charge is 2.56. The number of hydrogen-bond donors (Lipinski definition) is 1. The summed E-state index contributed by atoms with van der Waals surface area (Å²) < 4.78 is 0. The first-order chi connectivity index (χ1) is 8.65. The van der Waals surface area contributed by atoms with E-state index in [-0.39, 0.29) is 0 Å². The average Bonchev–Trinajstić information content (AvgIpc) is 3.14. The Kier molecular flexibility index (Phi) is 4.71. The quantitative estimate of drug-likeness (QED) is 0.704. The molecule has 0 aromatic rings. The highest BCUT2D eigenvalue weighted by atomic mass is 15.2. The zero-order valence-corrected chi connectivity index (χ0v) is 12.6. The lowest BCUT2D eigenvalue weighted by Gasteiger charge is -2.48. The third-order valence-corrected chi connectivity index (χ3v) is 5.35. The standard InChI is InChI=1S/C16H32N2/c1-4-5-6-10-18(13(2)3)16(12-17)9-7-8-14-11-15(14)16/h13-15H,4-12,17H2,1-3H3. The maximum Gasteiger partial charge on any atom is 0.0365 e. The second-order valence-electron chi connectivity index (χ2n) is 6.80. The molecule has 0 aromatic heterocycles. The van der Waals surface area contributed by atoms with Crippen LogP contribution >= 0.6 is 0 Å². The van der Waals surface area contributed by atoms with Crippen LogP contribution in [0.5, 0.6) is 0 Å². The van der Waals surface area contributed by atoms with Gasteiger partial charge in [-0.05, 0) is 51.5 Å². The molecule has 2 N–H and O–H groups in total. The first-order valence-electron chi connectivity index (χ1n) is 8.12. The van der Waals surface area contributed by atoms with Gasteiger partial charge in [-0.2, -0.15) is 0 Å². The highest BCUT2D eigenvalue weighted by Crippen LogP contribution is 2.57. The van der Waals surface area contributed by atoms with Crippen molar-refractivity contribution >= 4 is 0 Å². The Balaban J connectivity index is 2.06. The molecule has 0 aliphatic heterocycles. The van der Waals surface area contributed by atoms with Crippen LogP contribution < -0.4 is 5.73 Å². The zero-order valence-electron chi connectivity index (χ0n) is 12.6. The molecule has 0 saturated heterocycles. The van der Waals surface area contributed by atoms with Crippen LogP contribution in [0.25, 0.3) is 0 Å². The number of hydrogen-bond acceptors (Lipinski definition) is 2. The SMILES string of the molecule is CCCCCN(C(C)C)C1(CN)CCCC2CC21. The van der Waals surface area contributed by atoms with Gasteiger partial charge < -0.3 is 5.73 Å². The Morgan fingerprint density at radius 3 is 2.72 bits per heavy atom. The first kappa shape index (κ1) is 14.3. The molecule has 0 spiro atoms. The van der Waals surface area contributed by atoms with Crippen molar-refractivity contribution in [2.45, 2.75) is 77.3 Å². The lowest BCUT2D eigenvalue weighted by atomic mass is 9.78. The van der Waals surface area contributed by atoms with Crippen LogP contribution in [0.3, 0.4) is 0 Å². The molecule has 18 heavy (non-hydrogen) atoms. The molecule has 2 fully saturated rings. The second kappa shape index (κ2) is 5.92. The molecule has 0 bridgehead atoms. The van der Waals surface area contributed by atoms with Crippen molar-refractivity contribution < 1.29 is 0 Å². The van der Waals surface area contributed by atoms with Crippen molar-refractivity contribution in [1.29, 1.82) is 0 Å². The average molecular weight is 252 g/mol. The second-order valence-corrected chi connectivity index (χ2v) is 6.80. The van der Waals surface area contributed by atoms with Crippen molar-refractivity contribution in [3.05, 3.63) is 0 Å². The molecule has 2 heteroatoms. The Morgan fingerprint density at radius 2 is 2.11 bits per heavy atom. The third kappa shape index (κ3) is 2.60. The van der Waals surface area contributed by atoms with E-state index in [4.69, 9.17) is 5.73 Å². The number of nitrogens with zero attached hydrogens (tertiary/aromatic N) is 1. The molecule has 2 nitrogen and oxygen atoms in total. The number of nitrogens with two attached hydrogens (primary N) is 1. The summed E-state index contributed by atoms with van der Waals surface area (Å²) in [4.78, 5) is 2.77. The Bertz CT molecular complexity index is 264. The van der Waals surface area contributed by atoms with Crippen LogP contribution in [-0.4, -0.2) is 29.6 Å². The van der Waals surface area contributed by atoms with Gasteiger partial charge in [-0.1, -0.05) is 32.6 Å². The largest absolute Gasteiger partial charge is 0.329 e. The maximum atomic E-state index is 6.26. The van der Waals surface area contributed by atoms with Gasteiger partial charge >= 0.3 is 0 Å². The fourth-order valence-corrected chi connectivity index (χ4v) is 4.34. The molecule has 2 aliphatic carbocycles. The number of unbranched alkanes of at least 4 members (excludes halogenated alkanes) is 2. The van der Waals surface area contributed by atoms with Gasteiger partial charge in [0.1, 0.15) is 0 Å². The lowest BCUT2D eigenvalue weighted by Crippen LogP contribution is -2.59. The summed E-state index contributed by atoms with van der Waals surface area (Å²) in [6.07, 6.45) is 9.67. The Morgan fingerprint density at radius 1 is 1.33 bits per heavy atom. The number of rotatable bonds is 7. The molecule has 0 amide bonds. The minimum Gasteiger partial charge on any atom is -0.329 e. The van der Waals surface area contributed by atoms with E-state index >= 15 is 0 Å². The van der Waals surface area contributed by atoms with E-state index in [0.717, 1.165) is 18.4 Å². The molecule has 3 atom stereocenters. The summed E-state index contributed by atoms with van der Waals surface area (Å²) in [6, 6.07) is 0.643. The van der Waals surface area contributed by atoms with Crippen molar-refractivity contribution in [2.75, 3.05) is 13.1 Å². The van der Waals surface area contributed by atoms with Gasteiger partial charge in [-0.15, -0.1) is 0 Å². The van der Waals surface area contributed by atoms with Crippen molar-refractivity contribution in [2.24, 2.45) is 17.6 Å². The van der Waals surface area contributed by atoms with Crippen molar-refractivity contribution in [3.8, 4) is 0 Å². The van der Waals surface area contributed by atoms with Gasteiger partial charge in [0.25, 0.3) is 0 Å². The van der Waals surface area contributed by atoms with E-state index in [1.54, 1.807) is 0 Å². The van der Waals surface area contributed by atoms with E-state index in [1.165, 1.54) is 51.5 Å². The minimum absolute atomic E-state index is 0.352. The molecule has 0 heterocycles. The first-order valence-corrected chi connectivity index (χ1v) is 8.12. The summed E-state index contributed by atoms with van der Waals surface area (Å²) in [5, 5.41) is 0. The predicted octanol–water partition coefficient (Wildman–Crippen LogP) is 3.40. The molecular weight excluding hydrogens is 220 g/mol. The molecule has 3 unspecified atom stereocenters. The summed E-state index contributed by atoms with van der Waals surface area (Å²) in [7, 11) is 0. The van der Waals surface area contributed by atoms with E-state index in [9.17, 15) is 0 Å². The number of fused-ring (bicyclic) bond motifs is 1. The van der Waals surface area contributed by atoms with Gasteiger partial charge in [0.2, 0.25) is 0 Å². The molecule has 2 saturated carbocycles. The lowest BCUT2D eigenvalue weighted by molar-refractivity contribution is 0.0164.